The molecule has 1 aliphatic rings. The van der Waals surface area contributed by atoms with Crippen LogP contribution in [0, 0.1) is 16.3 Å². The lowest BCUT2D eigenvalue weighted by Crippen LogP contribution is -2.55. The van der Waals surface area contributed by atoms with Crippen LogP contribution < -0.4 is 4.74 Å². The summed E-state index contributed by atoms with van der Waals surface area (Å²) in [5.74, 6) is 0.513. The second-order valence-electron chi connectivity index (χ2n) is 9.35. The van der Waals surface area contributed by atoms with Crippen molar-refractivity contribution in [2.45, 2.75) is 52.4 Å². The Kier molecular flexibility index (Phi) is 8.03. The number of hydrogen-bond acceptors (Lipinski definition) is 4. The Balaban J connectivity index is 1.72. The molecule has 2 aromatic carbocycles. The maximum absolute atomic E-state index is 14.3. The zero-order valence-electron chi connectivity index (χ0n) is 19.4. The molecule has 1 saturated heterocycles. The lowest BCUT2D eigenvalue weighted by atomic mass is 10.0. The van der Waals surface area contributed by atoms with Crippen LogP contribution in [-0.4, -0.2) is 53.7 Å². The van der Waals surface area contributed by atoms with Gasteiger partial charge >= 0.3 is 6.09 Å². The molecule has 0 bridgehead atoms. The summed E-state index contributed by atoms with van der Waals surface area (Å²) in [6, 6.07) is 13.1. The molecule has 0 aliphatic carbocycles. The molecular weight excluding hydrogens is 522 g/mol. The van der Waals surface area contributed by atoms with Crippen LogP contribution in [0.3, 0.4) is 0 Å². The summed E-state index contributed by atoms with van der Waals surface area (Å²) >= 11 is 2.26. The number of aryl methyl sites for hydroxylation is 1. The molecule has 0 radical (unpaired) electrons. The lowest BCUT2D eigenvalue weighted by Gasteiger charge is -2.41. The van der Waals surface area contributed by atoms with E-state index in [4.69, 9.17) is 9.47 Å². The predicted molar refractivity (Wildman–Crippen MR) is 133 cm³/mol. The standard InChI is InChI=1S/C25H32FIN2O3/c1-17-6-7-19(14-22(17)26)23(31-21-10-8-20(27)9-11-21)16-28-12-13-29(18(2)15-28)24(30)32-25(3,4)5/h6-11,14,18,23H,12-13,15-16H2,1-5H3/t18-,23+/m1/s1. The topological polar surface area (TPSA) is 42.0 Å². The highest BCUT2D eigenvalue weighted by molar-refractivity contribution is 14.1. The van der Waals surface area contributed by atoms with E-state index in [-0.39, 0.29) is 24.1 Å². The predicted octanol–water partition coefficient (Wildman–Crippen LogP) is 5.80. The van der Waals surface area contributed by atoms with Gasteiger partial charge in [0.2, 0.25) is 0 Å². The first-order valence-corrected chi connectivity index (χ1v) is 12.0. The fourth-order valence-corrected chi connectivity index (χ4v) is 4.08. The number of carbonyl (C=O) groups excluding carboxylic acids is 1. The highest BCUT2D eigenvalue weighted by Crippen LogP contribution is 2.26. The molecule has 7 heteroatoms. The fourth-order valence-electron chi connectivity index (χ4n) is 3.72. The van der Waals surface area contributed by atoms with Crippen LogP contribution >= 0.6 is 22.6 Å². The quantitative estimate of drug-likeness (QED) is 0.439. The number of nitrogens with zero attached hydrogens (tertiary/aromatic N) is 2. The van der Waals surface area contributed by atoms with E-state index in [1.165, 1.54) is 0 Å². The lowest BCUT2D eigenvalue weighted by molar-refractivity contribution is -0.00299. The van der Waals surface area contributed by atoms with Gasteiger partial charge in [-0.25, -0.2) is 9.18 Å². The zero-order chi connectivity index (χ0) is 23.5. The maximum atomic E-state index is 14.3. The molecule has 0 saturated carbocycles. The van der Waals surface area contributed by atoms with Crippen molar-refractivity contribution in [3.05, 3.63) is 63.0 Å². The van der Waals surface area contributed by atoms with Crippen molar-refractivity contribution in [2.75, 3.05) is 26.2 Å². The van der Waals surface area contributed by atoms with Gasteiger partial charge in [0.05, 0.1) is 0 Å². The average molecular weight is 554 g/mol. The van der Waals surface area contributed by atoms with Crippen molar-refractivity contribution in [1.29, 1.82) is 0 Å². The summed E-state index contributed by atoms with van der Waals surface area (Å²) in [7, 11) is 0. The zero-order valence-corrected chi connectivity index (χ0v) is 21.6. The highest BCUT2D eigenvalue weighted by atomic mass is 127. The number of benzene rings is 2. The molecule has 0 unspecified atom stereocenters. The molecule has 0 spiro atoms. The number of rotatable bonds is 5. The molecule has 174 valence electrons. The summed E-state index contributed by atoms with van der Waals surface area (Å²) in [6.07, 6.45) is -0.609. The molecule has 2 aromatic rings. The Morgan fingerprint density at radius 1 is 1.19 bits per heavy atom. The minimum atomic E-state index is -0.518. The van der Waals surface area contributed by atoms with E-state index in [0.29, 0.717) is 31.7 Å². The molecular formula is C25H32FIN2O3. The largest absolute Gasteiger partial charge is 0.484 e. The van der Waals surface area contributed by atoms with Gasteiger partial charge in [0.1, 0.15) is 23.3 Å². The van der Waals surface area contributed by atoms with Crippen molar-refractivity contribution >= 4 is 28.7 Å². The monoisotopic (exact) mass is 554 g/mol. The van der Waals surface area contributed by atoms with Crippen LogP contribution in [0.5, 0.6) is 5.75 Å². The first-order valence-electron chi connectivity index (χ1n) is 10.9. The van der Waals surface area contributed by atoms with Gasteiger partial charge in [-0.15, -0.1) is 0 Å². The van der Waals surface area contributed by atoms with Gasteiger partial charge in [0, 0.05) is 35.8 Å². The van der Waals surface area contributed by atoms with Gasteiger partial charge in [-0.3, -0.25) is 4.90 Å². The third kappa shape index (κ3) is 6.81. The Morgan fingerprint density at radius 2 is 1.88 bits per heavy atom. The normalized spacial score (nSPS) is 18.3. The van der Waals surface area contributed by atoms with E-state index < -0.39 is 5.60 Å². The number of halogens is 2. The van der Waals surface area contributed by atoms with E-state index >= 15 is 0 Å². The first-order chi connectivity index (χ1) is 15.0. The molecule has 0 aromatic heterocycles. The van der Waals surface area contributed by atoms with E-state index in [9.17, 15) is 9.18 Å². The molecule has 2 atom stereocenters. The van der Waals surface area contributed by atoms with Gasteiger partial charge < -0.3 is 14.4 Å². The molecule has 3 rings (SSSR count). The van der Waals surface area contributed by atoms with Gasteiger partial charge in [0.15, 0.2) is 0 Å². The fraction of sp³-hybridized carbons (Fsp3) is 0.480. The van der Waals surface area contributed by atoms with Crippen molar-refractivity contribution < 1.29 is 18.7 Å². The number of hydrogen-bond donors (Lipinski definition) is 0. The smallest absolute Gasteiger partial charge is 0.410 e. The maximum Gasteiger partial charge on any atom is 0.410 e. The van der Waals surface area contributed by atoms with E-state index in [1.807, 2.05) is 58.0 Å². The molecule has 32 heavy (non-hydrogen) atoms. The Morgan fingerprint density at radius 3 is 2.47 bits per heavy atom. The van der Waals surface area contributed by atoms with Gasteiger partial charge in [-0.1, -0.05) is 12.1 Å². The summed E-state index contributed by atoms with van der Waals surface area (Å²) in [5.41, 5.74) is 0.894. The Labute approximate surface area is 204 Å². The van der Waals surface area contributed by atoms with E-state index in [2.05, 4.69) is 27.5 Å². The minimum absolute atomic E-state index is 0.00677. The van der Waals surface area contributed by atoms with Crippen molar-refractivity contribution in [3.8, 4) is 5.75 Å². The molecule has 1 amide bonds. The third-order valence-corrected chi connectivity index (χ3v) is 6.14. The summed E-state index contributed by atoms with van der Waals surface area (Å²) in [4.78, 5) is 16.6. The second-order valence-corrected chi connectivity index (χ2v) is 10.6. The highest BCUT2D eigenvalue weighted by Gasteiger charge is 2.32. The molecule has 0 N–H and O–H groups in total. The SMILES string of the molecule is Cc1ccc([C@H](CN2CCN(C(=O)OC(C)(C)C)[C@H](C)C2)Oc2ccc(I)cc2)cc1F. The van der Waals surface area contributed by atoms with Gasteiger partial charge in [-0.2, -0.15) is 0 Å². The van der Waals surface area contributed by atoms with Crippen LogP contribution in [0.25, 0.3) is 0 Å². The molecule has 1 heterocycles. The van der Waals surface area contributed by atoms with Gasteiger partial charge in [0.25, 0.3) is 0 Å². The van der Waals surface area contributed by atoms with E-state index in [1.54, 1.807) is 24.0 Å². The Bertz CT molecular complexity index is 930. The van der Waals surface area contributed by atoms with Crippen molar-refractivity contribution in [3.63, 3.8) is 0 Å². The first kappa shape index (κ1) is 24.8. The number of amides is 1. The van der Waals surface area contributed by atoms with Crippen molar-refractivity contribution in [1.82, 2.24) is 9.80 Å². The van der Waals surface area contributed by atoms with Crippen LogP contribution in [0.1, 0.15) is 44.9 Å². The Hall–Kier alpha value is -1.87. The number of ether oxygens (including phenoxy) is 2. The van der Waals surface area contributed by atoms with Crippen LogP contribution in [0.2, 0.25) is 0 Å². The summed E-state index contributed by atoms with van der Waals surface area (Å²) in [5, 5.41) is 0. The molecule has 1 fully saturated rings. The third-order valence-electron chi connectivity index (χ3n) is 5.42. The minimum Gasteiger partial charge on any atom is -0.484 e. The van der Waals surface area contributed by atoms with Crippen LogP contribution in [0.4, 0.5) is 9.18 Å². The second kappa shape index (κ2) is 10.4. The average Bonchev–Trinajstić information content (AvgIpc) is 2.70. The number of carbonyl (C=O) groups is 1. The van der Waals surface area contributed by atoms with Crippen LogP contribution in [0.15, 0.2) is 42.5 Å². The molecule has 1 aliphatic heterocycles. The van der Waals surface area contributed by atoms with E-state index in [0.717, 1.165) is 14.9 Å². The summed E-state index contributed by atoms with van der Waals surface area (Å²) < 4.78 is 27.3. The van der Waals surface area contributed by atoms with Crippen LogP contribution in [-0.2, 0) is 4.74 Å². The van der Waals surface area contributed by atoms with Gasteiger partial charge in [-0.05, 0) is 98.7 Å². The molecule has 5 nitrogen and oxygen atoms in total. The van der Waals surface area contributed by atoms with Crippen molar-refractivity contribution in [2.24, 2.45) is 0 Å². The number of piperazine rings is 1. The summed E-state index contributed by atoms with van der Waals surface area (Å²) in [6.45, 7) is 12.0.